The lowest BCUT2D eigenvalue weighted by Gasteiger charge is -2.02. The number of carbonyl (C=O) groups excluding carboxylic acids is 2. The molecule has 19 heavy (non-hydrogen) atoms. The molecule has 0 unspecified atom stereocenters. The fourth-order valence-electron chi connectivity index (χ4n) is 2.34. The lowest BCUT2D eigenvalue weighted by atomic mass is 10.0. The summed E-state index contributed by atoms with van der Waals surface area (Å²) in [5, 5.41) is 0. The van der Waals surface area contributed by atoms with Gasteiger partial charge in [0.25, 0.3) is 0 Å². The van der Waals surface area contributed by atoms with Crippen LogP contribution in [-0.2, 0) is 9.59 Å². The largest absolute Gasteiger partial charge is 0.300 e. The minimum absolute atomic E-state index is 0.324. The third kappa shape index (κ3) is 17.3. The van der Waals surface area contributed by atoms with Crippen LogP contribution in [0.5, 0.6) is 0 Å². The summed E-state index contributed by atoms with van der Waals surface area (Å²) in [6.45, 7) is 3.35. The first-order valence-corrected chi connectivity index (χ1v) is 8.12. The Morgan fingerprint density at radius 2 is 0.684 bits per heavy atom. The van der Waals surface area contributed by atoms with Crippen LogP contribution in [0.15, 0.2) is 0 Å². The Bertz CT molecular complexity index is 209. The van der Waals surface area contributed by atoms with E-state index in [0.29, 0.717) is 11.6 Å². The normalized spacial score (nSPS) is 10.6. The standard InChI is InChI=1S/C17H32O2/c1-16(18)14-12-10-8-6-4-3-5-7-9-11-13-15-17(2)19/h3-15H2,1-2H3. The van der Waals surface area contributed by atoms with Gasteiger partial charge >= 0.3 is 0 Å². The van der Waals surface area contributed by atoms with E-state index in [0.717, 1.165) is 25.7 Å². The first-order valence-electron chi connectivity index (χ1n) is 8.12. The van der Waals surface area contributed by atoms with E-state index < -0.39 is 0 Å². The Labute approximate surface area is 119 Å². The van der Waals surface area contributed by atoms with E-state index in [2.05, 4.69) is 0 Å². The SMILES string of the molecule is CC(=O)CCCCCCCCCCCCCC(C)=O. The fraction of sp³-hybridized carbons (Fsp3) is 0.882. The topological polar surface area (TPSA) is 34.1 Å². The average Bonchev–Trinajstić information content (AvgIpc) is 2.34. The lowest BCUT2D eigenvalue weighted by molar-refractivity contribution is -0.117. The fourth-order valence-corrected chi connectivity index (χ4v) is 2.34. The molecule has 0 aromatic heterocycles. The van der Waals surface area contributed by atoms with E-state index in [4.69, 9.17) is 0 Å². The smallest absolute Gasteiger partial charge is 0.129 e. The van der Waals surface area contributed by atoms with E-state index in [1.165, 1.54) is 57.8 Å². The van der Waals surface area contributed by atoms with Crippen molar-refractivity contribution in [2.75, 3.05) is 0 Å². The second-order valence-corrected chi connectivity index (χ2v) is 5.79. The zero-order valence-electron chi connectivity index (χ0n) is 13.0. The summed E-state index contributed by atoms with van der Waals surface area (Å²) >= 11 is 0. The van der Waals surface area contributed by atoms with Crippen molar-refractivity contribution in [3.63, 3.8) is 0 Å². The van der Waals surface area contributed by atoms with Gasteiger partial charge < -0.3 is 9.59 Å². The quantitative estimate of drug-likeness (QED) is 0.404. The molecule has 0 aliphatic heterocycles. The van der Waals surface area contributed by atoms with Crippen molar-refractivity contribution in [1.82, 2.24) is 0 Å². The third-order valence-corrected chi connectivity index (χ3v) is 3.56. The maximum absolute atomic E-state index is 10.7. The molecule has 0 aliphatic carbocycles. The molecule has 0 amide bonds. The van der Waals surface area contributed by atoms with Gasteiger partial charge in [-0.2, -0.15) is 0 Å². The molecule has 0 aliphatic rings. The van der Waals surface area contributed by atoms with Crippen molar-refractivity contribution >= 4 is 11.6 Å². The highest BCUT2D eigenvalue weighted by atomic mass is 16.1. The predicted octanol–water partition coefficient (Wildman–Crippen LogP) is 5.24. The molecule has 0 saturated heterocycles. The van der Waals surface area contributed by atoms with Crippen LogP contribution in [0.1, 0.15) is 97.3 Å². The summed E-state index contributed by atoms with van der Waals surface area (Å²) in [5.41, 5.74) is 0. The summed E-state index contributed by atoms with van der Waals surface area (Å²) in [4.78, 5) is 21.5. The maximum Gasteiger partial charge on any atom is 0.129 e. The van der Waals surface area contributed by atoms with Gasteiger partial charge in [0, 0.05) is 12.8 Å². The highest BCUT2D eigenvalue weighted by Crippen LogP contribution is 2.12. The molecule has 0 aromatic rings. The van der Waals surface area contributed by atoms with E-state index in [1.807, 2.05) is 0 Å². The van der Waals surface area contributed by atoms with E-state index in [9.17, 15) is 9.59 Å². The average molecular weight is 268 g/mol. The van der Waals surface area contributed by atoms with Crippen molar-refractivity contribution in [2.24, 2.45) is 0 Å². The van der Waals surface area contributed by atoms with Crippen LogP contribution in [0.2, 0.25) is 0 Å². The van der Waals surface area contributed by atoms with Gasteiger partial charge in [0.1, 0.15) is 11.6 Å². The second kappa shape index (κ2) is 13.8. The number of hydrogen-bond acceptors (Lipinski definition) is 2. The van der Waals surface area contributed by atoms with E-state index >= 15 is 0 Å². The van der Waals surface area contributed by atoms with Gasteiger partial charge in [0.2, 0.25) is 0 Å². The number of hydrogen-bond donors (Lipinski definition) is 0. The number of unbranched alkanes of at least 4 members (excludes halogenated alkanes) is 10. The summed E-state index contributed by atoms with van der Waals surface area (Å²) in [7, 11) is 0. The van der Waals surface area contributed by atoms with Gasteiger partial charge in [0.15, 0.2) is 0 Å². The van der Waals surface area contributed by atoms with Crippen molar-refractivity contribution in [3.05, 3.63) is 0 Å². The van der Waals surface area contributed by atoms with Gasteiger partial charge in [-0.1, -0.05) is 57.8 Å². The molecule has 0 aromatic carbocycles. The summed E-state index contributed by atoms with van der Waals surface area (Å²) in [5.74, 6) is 0.648. The van der Waals surface area contributed by atoms with Crippen molar-refractivity contribution in [1.29, 1.82) is 0 Å². The first kappa shape index (κ1) is 18.3. The van der Waals surface area contributed by atoms with Crippen LogP contribution in [-0.4, -0.2) is 11.6 Å². The molecule has 0 heterocycles. The van der Waals surface area contributed by atoms with Gasteiger partial charge in [-0.15, -0.1) is 0 Å². The van der Waals surface area contributed by atoms with Crippen LogP contribution in [0.4, 0.5) is 0 Å². The Kier molecular flexibility index (Phi) is 13.3. The summed E-state index contributed by atoms with van der Waals surface area (Å²) in [6, 6.07) is 0. The zero-order chi connectivity index (χ0) is 14.3. The highest BCUT2D eigenvalue weighted by Gasteiger charge is 1.96. The van der Waals surface area contributed by atoms with Gasteiger partial charge in [-0.3, -0.25) is 0 Å². The molecule has 0 rings (SSSR count). The molecule has 2 heteroatoms. The van der Waals surface area contributed by atoms with Gasteiger partial charge in [-0.25, -0.2) is 0 Å². The molecular formula is C17H32O2. The van der Waals surface area contributed by atoms with Crippen LogP contribution < -0.4 is 0 Å². The number of rotatable bonds is 14. The second-order valence-electron chi connectivity index (χ2n) is 5.79. The summed E-state index contributed by atoms with van der Waals surface area (Å²) in [6.07, 6.45) is 15.3. The maximum atomic E-state index is 10.7. The minimum Gasteiger partial charge on any atom is -0.300 e. The third-order valence-electron chi connectivity index (χ3n) is 3.56. The molecule has 2 nitrogen and oxygen atoms in total. The number of carbonyl (C=O) groups is 2. The van der Waals surface area contributed by atoms with Crippen LogP contribution in [0.3, 0.4) is 0 Å². The van der Waals surface area contributed by atoms with Crippen LogP contribution in [0, 0.1) is 0 Å². The minimum atomic E-state index is 0.324. The van der Waals surface area contributed by atoms with Gasteiger partial charge in [0.05, 0.1) is 0 Å². The number of Topliss-reactive ketones (excluding diaryl/α,β-unsaturated/α-hetero) is 2. The Morgan fingerprint density at radius 3 is 0.895 bits per heavy atom. The highest BCUT2D eigenvalue weighted by molar-refractivity contribution is 5.75. The molecule has 0 N–H and O–H groups in total. The zero-order valence-corrected chi connectivity index (χ0v) is 13.0. The Balaban J connectivity index is 2.99. The predicted molar refractivity (Wildman–Crippen MR) is 81.4 cm³/mol. The van der Waals surface area contributed by atoms with Gasteiger partial charge in [-0.05, 0) is 26.7 Å². The van der Waals surface area contributed by atoms with E-state index in [1.54, 1.807) is 13.8 Å². The Hall–Kier alpha value is -0.660. The van der Waals surface area contributed by atoms with Crippen LogP contribution >= 0.6 is 0 Å². The molecule has 0 bridgehead atoms. The number of ketones is 2. The van der Waals surface area contributed by atoms with E-state index in [-0.39, 0.29) is 0 Å². The first-order chi connectivity index (χ1) is 9.13. The lowest BCUT2D eigenvalue weighted by Crippen LogP contribution is -1.90. The monoisotopic (exact) mass is 268 g/mol. The Morgan fingerprint density at radius 1 is 0.474 bits per heavy atom. The van der Waals surface area contributed by atoms with Crippen molar-refractivity contribution < 1.29 is 9.59 Å². The van der Waals surface area contributed by atoms with Crippen molar-refractivity contribution in [3.8, 4) is 0 Å². The molecule has 0 spiro atoms. The molecule has 0 fully saturated rings. The molecule has 0 radical (unpaired) electrons. The molecular weight excluding hydrogens is 236 g/mol. The van der Waals surface area contributed by atoms with Crippen LogP contribution in [0.25, 0.3) is 0 Å². The molecule has 0 saturated carbocycles. The van der Waals surface area contributed by atoms with Crippen molar-refractivity contribution in [2.45, 2.75) is 97.3 Å². The summed E-state index contributed by atoms with van der Waals surface area (Å²) < 4.78 is 0. The molecule has 0 atom stereocenters. The molecule has 112 valence electrons.